The van der Waals surface area contributed by atoms with Crippen molar-refractivity contribution in [3.05, 3.63) is 35.0 Å². The SMILES string of the molecule is C=CCNCC[C@H]1CCC(=O)N1Cc1cccs1. The van der Waals surface area contributed by atoms with Crippen LogP contribution < -0.4 is 5.32 Å². The molecule has 0 radical (unpaired) electrons. The van der Waals surface area contributed by atoms with Gasteiger partial charge in [0.15, 0.2) is 0 Å². The van der Waals surface area contributed by atoms with Crippen LogP contribution in [0.25, 0.3) is 0 Å². The molecule has 1 saturated heterocycles. The Morgan fingerprint density at radius 3 is 3.22 bits per heavy atom. The molecule has 0 aromatic carbocycles. The van der Waals surface area contributed by atoms with Gasteiger partial charge in [0, 0.05) is 23.9 Å². The fourth-order valence-corrected chi connectivity index (χ4v) is 3.06. The highest BCUT2D eigenvalue weighted by Gasteiger charge is 2.30. The molecule has 0 bridgehead atoms. The van der Waals surface area contributed by atoms with Gasteiger partial charge in [0.25, 0.3) is 0 Å². The van der Waals surface area contributed by atoms with Crippen LogP contribution in [0.4, 0.5) is 0 Å². The molecule has 0 spiro atoms. The average molecular weight is 264 g/mol. The highest BCUT2D eigenvalue weighted by atomic mass is 32.1. The molecule has 1 amide bonds. The molecule has 2 heterocycles. The van der Waals surface area contributed by atoms with E-state index in [1.807, 2.05) is 17.0 Å². The molecule has 18 heavy (non-hydrogen) atoms. The lowest BCUT2D eigenvalue weighted by atomic mass is 10.1. The second-order valence-electron chi connectivity index (χ2n) is 4.57. The van der Waals surface area contributed by atoms with Crippen molar-refractivity contribution in [1.82, 2.24) is 10.2 Å². The predicted octanol–water partition coefficient (Wildman–Crippen LogP) is 2.40. The van der Waals surface area contributed by atoms with Crippen molar-refractivity contribution in [2.75, 3.05) is 13.1 Å². The summed E-state index contributed by atoms with van der Waals surface area (Å²) in [5, 5.41) is 5.37. The number of nitrogens with zero attached hydrogens (tertiary/aromatic N) is 1. The lowest BCUT2D eigenvalue weighted by Gasteiger charge is -2.24. The van der Waals surface area contributed by atoms with Gasteiger partial charge in [-0.2, -0.15) is 0 Å². The first-order valence-corrected chi connectivity index (χ1v) is 7.32. The van der Waals surface area contributed by atoms with Crippen LogP contribution >= 0.6 is 11.3 Å². The van der Waals surface area contributed by atoms with Gasteiger partial charge in [-0.3, -0.25) is 4.79 Å². The number of carbonyl (C=O) groups is 1. The van der Waals surface area contributed by atoms with E-state index in [1.165, 1.54) is 4.88 Å². The Labute approximate surface area is 112 Å². The number of thiophene rings is 1. The standard InChI is InChI=1S/C14H20N2OS/c1-2-8-15-9-7-12-5-6-14(17)16(12)11-13-4-3-10-18-13/h2-4,10,12,15H,1,5-9,11H2/t12-/m1/s1. The summed E-state index contributed by atoms with van der Waals surface area (Å²) in [6.45, 7) is 6.25. The van der Waals surface area contributed by atoms with Crippen LogP contribution in [-0.4, -0.2) is 29.9 Å². The molecule has 1 aromatic heterocycles. The van der Waals surface area contributed by atoms with Gasteiger partial charge in [-0.15, -0.1) is 17.9 Å². The molecule has 98 valence electrons. The van der Waals surface area contributed by atoms with Crippen LogP contribution in [0.2, 0.25) is 0 Å². The van der Waals surface area contributed by atoms with Gasteiger partial charge < -0.3 is 10.2 Å². The molecule has 1 aliphatic heterocycles. The third-order valence-corrected chi connectivity index (χ3v) is 4.16. The minimum Gasteiger partial charge on any atom is -0.335 e. The van der Waals surface area contributed by atoms with Crippen LogP contribution in [0.15, 0.2) is 30.2 Å². The second-order valence-corrected chi connectivity index (χ2v) is 5.61. The molecule has 0 saturated carbocycles. The summed E-state index contributed by atoms with van der Waals surface area (Å²) in [5.41, 5.74) is 0. The largest absolute Gasteiger partial charge is 0.335 e. The first kappa shape index (κ1) is 13.3. The van der Waals surface area contributed by atoms with Crippen molar-refractivity contribution < 1.29 is 4.79 Å². The monoisotopic (exact) mass is 264 g/mol. The summed E-state index contributed by atoms with van der Waals surface area (Å²) in [5.74, 6) is 0.303. The molecule has 1 aliphatic rings. The third-order valence-electron chi connectivity index (χ3n) is 3.30. The van der Waals surface area contributed by atoms with E-state index in [-0.39, 0.29) is 0 Å². The van der Waals surface area contributed by atoms with E-state index in [0.29, 0.717) is 18.4 Å². The molecule has 1 fully saturated rings. The number of rotatable bonds is 7. The maximum absolute atomic E-state index is 11.9. The Kier molecular flexibility index (Phi) is 4.96. The summed E-state index contributed by atoms with van der Waals surface area (Å²) in [6.07, 6.45) is 4.60. The fraction of sp³-hybridized carbons (Fsp3) is 0.500. The molecule has 1 aromatic rings. The number of carbonyl (C=O) groups excluding carboxylic acids is 1. The summed E-state index contributed by atoms with van der Waals surface area (Å²) in [6, 6.07) is 4.54. The van der Waals surface area contributed by atoms with Crippen LogP contribution in [-0.2, 0) is 11.3 Å². The van der Waals surface area contributed by atoms with Crippen molar-refractivity contribution in [3.8, 4) is 0 Å². The first-order chi connectivity index (χ1) is 8.81. The number of likely N-dealkylation sites (tertiary alicyclic amines) is 1. The minimum absolute atomic E-state index is 0.303. The zero-order valence-electron chi connectivity index (χ0n) is 10.6. The van der Waals surface area contributed by atoms with E-state index in [4.69, 9.17) is 0 Å². The van der Waals surface area contributed by atoms with Gasteiger partial charge in [-0.05, 0) is 30.8 Å². The Morgan fingerprint density at radius 2 is 2.50 bits per heavy atom. The molecule has 4 heteroatoms. The van der Waals surface area contributed by atoms with Crippen LogP contribution in [0.1, 0.15) is 24.1 Å². The van der Waals surface area contributed by atoms with Crippen LogP contribution in [0, 0.1) is 0 Å². The lowest BCUT2D eigenvalue weighted by molar-refractivity contribution is -0.129. The average Bonchev–Trinajstić information content (AvgIpc) is 2.99. The van der Waals surface area contributed by atoms with E-state index >= 15 is 0 Å². The van der Waals surface area contributed by atoms with E-state index in [1.54, 1.807) is 11.3 Å². The zero-order valence-corrected chi connectivity index (χ0v) is 11.4. The summed E-state index contributed by atoms with van der Waals surface area (Å²) < 4.78 is 0. The number of nitrogens with one attached hydrogen (secondary N) is 1. The van der Waals surface area contributed by atoms with Gasteiger partial charge >= 0.3 is 0 Å². The topological polar surface area (TPSA) is 32.3 Å². The van der Waals surface area contributed by atoms with E-state index in [2.05, 4.69) is 23.3 Å². The first-order valence-electron chi connectivity index (χ1n) is 6.44. The summed E-state index contributed by atoms with van der Waals surface area (Å²) >= 11 is 1.72. The summed E-state index contributed by atoms with van der Waals surface area (Å²) in [4.78, 5) is 15.2. The van der Waals surface area contributed by atoms with Crippen molar-refractivity contribution in [1.29, 1.82) is 0 Å². The highest BCUT2D eigenvalue weighted by molar-refractivity contribution is 7.09. The van der Waals surface area contributed by atoms with Crippen molar-refractivity contribution in [2.45, 2.75) is 31.8 Å². The molecule has 2 rings (SSSR count). The molecule has 0 unspecified atom stereocenters. The van der Waals surface area contributed by atoms with Crippen LogP contribution in [0.5, 0.6) is 0 Å². The number of hydrogen-bond acceptors (Lipinski definition) is 3. The van der Waals surface area contributed by atoms with Crippen molar-refractivity contribution in [2.24, 2.45) is 0 Å². The Morgan fingerprint density at radius 1 is 1.61 bits per heavy atom. The van der Waals surface area contributed by atoms with E-state index in [9.17, 15) is 4.79 Å². The predicted molar refractivity (Wildman–Crippen MR) is 75.6 cm³/mol. The number of amides is 1. The molecular weight excluding hydrogens is 244 g/mol. The molecular formula is C14H20N2OS. The quantitative estimate of drug-likeness (QED) is 0.606. The second kappa shape index (κ2) is 6.71. The fourth-order valence-electron chi connectivity index (χ4n) is 2.35. The van der Waals surface area contributed by atoms with Crippen molar-refractivity contribution >= 4 is 17.2 Å². The molecule has 0 aliphatic carbocycles. The normalized spacial score (nSPS) is 19.4. The van der Waals surface area contributed by atoms with E-state index in [0.717, 1.165) is 32.5 Å². The van der Waals surface area contributed by atoms with Gasteiger partial charge in [-0.25, -0.2) is 0 Å². The summed E-state index contributed by atoms with van der Waals surface area (Å²) in [7, 11) is 0. The number of hydrogen-bond donors (Lipinski definition) is 1. The molecule has 1 N–H and O–H groups in total. The highest BCUT2D eigenvalue weighted by Crippen LogP contribution is 2.24. The maximum Gasteiger partial charge on any atom is 0.223 e. The Balaban J connectivity index is 1.85. The third kappa shape index (κ3) is 3.43. The van der Waals surface area contributed by atoms with Gasteiger partial charge in [0.1, 0.15) is 0 Å². The van der Waals surface area contributed by atoms with Crippen LogP contribution in [0.3, 0.4) is 0 Å². The van der Waals surface area contributed by atoms with Gasteiger partial charge in [0.2, 0.25) is 5.91 Å². The molecule has 3 nitrogen and oxygen atoms in total. The minimum atomic E-state index is 0.303. The lowest BCUT2D eigenvalue weighted by Crippen LogP contribution is -2.34. The Bertz CT molecular complexity index is 389. The van der Waals surface area contributed by atoms with Crippen molar-refractivity contribution in [3.63, 3.8) is 0 Å². The van der Waals surface area contributed by atoms with Gasteiger partial charge in [-0.1, -0.05) is 12.1 Å². The molecule has 1 atom stereocenters. The van der Waals surface area contributed by atoms with E-state index < -0.39 is 0 Å². The smallest absolute Gasteiger partial charge is 0.223 e. The Hall–Kier alpha value is -1.13. The zero-order chi connectivity index (χ0) is 12.8. The van der Waals surface area contributed by atoms with Gasteiger partial charge in [0.05, 0.1) is 6.54 Å². The maximum atomic E-state index is 11.9.